The van der Waals surface area contributed by atoms with E-state index in [1.165, 1.54) is 11.1 Å². The molecule has 0 fully saturated rings. The van der Waals surface area contributed by atoms with Crippen LogP contribution in [-0.2, 0) is 0 Å². The second-order valence-electron chi connectivity index (χ2n) is 4.80. The third kappa shape index (κ3) is 3.32. The Balaban J connectivity index is 2.35. The summed E-state index contributed by atoms with van der Waals surface area (Å²) in [4.78, 5) is 4.20. The third-order valence-electron chi connectivity index (χ3n) is 3.21. The predicted molar refractivity (Wildman–Crippen MR) is 80.0 cm³/mol. The van der Waals surface area contributed by atoms with E-state index >= 15 is 0 Å². The number of benzene rings is 1. The predicted octanol–water partition coefficient (Wildman–Crippen LogP) is 3.06. The minimum absolute atomic E-state index is 0.106. The molecule has 0 bridgehead atoms. The van der Waals surface area contributed by atoms with Gasteiger partial charge in [0.25, 0.3) is 0 Å². The van der Waals surface area contributed by atoms with Crippen molar-refractivity contribution in [1.82, 2.24) is 10.3 Å². The number of anilines is 1. The largest absolute Gasteiger partial charge is 0.398 e. The molecule has 1 aromatic heterocycles. The van der Waals surface area contributed by atoms with Crippen LogP contribution >= 0.6 is 0 Å². The van der Waals surface area contributed by atoms with Crippen molar-refractivity contribution >= 4 is 5.69 Å². The standard InChI is InChI=1S/C16H21N3/c1-3-9-19-16(13-6-4-12(2)5-7-13)14-11-18-10-8-15(14)17/h4-8,10-11,16,19H,3,9H2,1-2H3,(H2,17,18). The summed E-state index contributed by atoms with van der Waals surface area (Å²) >= 11 is 0. The van der Waals surface area contributed by atoms with Gasteiger partial charge in [0, 0.05) is 23.6 Å². The van der Waals surface area contributed by atoms with Crippen LogP contribution in [0.1, 0.15) is 36.1 Å². The maximum absolute atomic E-state index is 6.08. The van der Waals surface area contributed by atoms with Crippen LogP contribution in [-0.4, -0.2) is 11.5 Å². The summed E-state index contributed by atoms with van der Waals surface area (Å²) in [6, 6.07) is 10.5. The molecule has 3 heteroatoms. The normalized spacial score (nSPS) is 12.3. The maximum atomic E-state index is 6.08. The molecule has 1 heterocycles. The average molecular weight is 255 g/mol. The van der Waals surface area contributed by atoms with Crippen LogP contribution in [0.2, 0.25) is 0 Å². The number of aryl methyl sites for hydroxylation is 1. The molecule has 0 amide bonds. The van der Waals surface area contributed by atoms with Gasteiger partial charge in [-0.15, -0.1) is 0 Å². The first-order chi connectivity index (χ1) is 9.22. The molecular weight excluding hydrogens is 234 g/mol. The molecule has 2 aromatic rings. The Kier molecular flexibility index (Phi) is 4.53. The number of aromatic nitrogens is 1. The van der Waals surface area contributed by atoms with E-state index in [4.69, 9.17) is 5.73 Å². The Labute approximate surface area is 114 Å². The summed E-state index contributed by atoms with van der Waals surface area (Å²) < 4.78 is 0. The summed E-state index contributed by atoms with van der Waals surface area (Å²) in [5.41, 5.74) is 10.4. The highest BCUT2D eigenvalue weighted by Crippen LogP contribution is 2.26. The van der Waals surface area contributed by atoms with E-state index < -0.39 is 0 Å². The van der Waals surface area contributed by atoms with Crippen LogP contribution in [0.15, 0.2) is 42.7 Å². The number of pyridine rings is 1. The van der Waals surface area contributed by atoms with E-state index in [9.17, 15) is 0 Å². The fraction of sp³-hybridized carbons (Fsp3) is 0.312. The number of hydrogen-bond acceptors (Lipinski definition) is 3. The molecule has 0 aliphatic carbocycles. The van der Waals surface area contributed by atoms with Crippen molar-refractivity contribution in [2.24, 2.45) is 0 Å². The lowest BCUT2D eigenvalue weighted by molar-refractivity contribution is 0.598. The van der Waals surface area contributed by atoms with Gasteiger partial charge in [-0.3, -0.25) is 4.98 Å². The summed E-state index contributed by atoms with van der Waals surface area (Å²) in [6.07, 6.45) is 4.66. The van der Waals surface area contributed by atoms with Gasteiger partial charge in [-0.2, -0.15) is 0 Å². The maximum Gasteiger partial charge on any atom is 0.0612 e. The van der Waals surface area contributed by atoms with Crippen molar-refractivity contribution in [2.75, 3.05) is 12.3 Å². The molecule has 3 nitrogen and oxygen atoms in total. The molecule has 0 aliphatic heterocycles. The first-order valence-corrected chi connectivity index (χ1v) is 6.71. The van der Waals surface area contributed by atoms with Crippen LogP contribution < -0.4 is 11.1 Å². The van der Waals surface area contributed by atoms with Crippen molar-refractivity contribution < 1.29 is 0 Å². The molecule has 0 saturated carbocycles. The van der Waals surface area contributed by atoms with Gasteiger partial charge in [-0.25, -0.2) is 0 Å². The number of rotatable bonds is 5. The van der Waals surface area contributed by atoms with Gasteiger partial charge in [0.15, 0.2) is 0 Å². The SMILES string of the molecule is CCCNC(c1ccc(C)cc1)c1cnccc1N. The van der Waals surface area contributed by atoms with Gasteiger partial charge in [0.05, 0.1) is 6.04 Å². The van der Waals surface area contributed by atoms with Gasteiger partial charge in [0.2, 0.25) is 0 Å². The monoisotopic (exact) mass is 255 g/mol. The van der Waals surface area contributed by atoms with Crippen LogP contribution in [0.3, 0.4) is 0 Å². The Morgan fingerprint density at radius 1 is 1.21 bits per heavy atom. The van der Waals surface area contributed by atoms with Crippen LogP contribution in [0, 0.1) is 6.92 Å². The summed E-state index contributed by atoms with van der Waals surface area (Å²) in [5.74, 6) is 0. The number of nitrogens with one attached hydrogen (secondary N) is 1. The van der Waals surface area contributed by atoms with E-state index in [1.54, 1.807) is 6.20 Å². The highest BCUT2D eigenvalue weighted by atomic mass is 14.9. The lowest BCUT2D eigenvalue weighted by Crippen LogP contribution is -2.24. The van der Waals surface area contributed by atoms with E-state index in [1.807, 2.05) is 12.3 Å². The summed E-state index contributed by atoms with van der Waals surface area (Å²) in [7, 11) is 0. The first kappa shape index (κ1) is 13.6. The van der Waals surface area contributed by atoms with E-state index in [-0.39, 0.29) is 6.04 Å². The fourth-order valence-corrected chi connectivity index (χ4v) is 2.11. The Bertz CT molecular complexity index is 520. The quantitative estimate of drug-likeness (QED) is 0.863. The number of nitrogens with zero attached hydrogens (tertiary/aromatic N) is 1. The number of hydrogen-bond donors (Lipinski definition) is 2. The van der Waals surface area contributed by atoms with Gasteiger partial charge in [-0.1, -0.05) is 36.8 Å². The van der Waals surface area contributed by atoms with E-state index in [2.05, 4.69) is 48.4 Å². The van der Waals surface area contributed by atoms with Gasteiger partial charge in [-0.05, 0) is 31.5 Å². The topological polar surface area (TPSA) is 50.9 Å². The molecule has 3 N–H and O–H groups in total. The second kappa shape index (κ2) is 6.34. The molecule has 0 aliphatic rings. The molecule has 0 saturated heterocycles. The van der Waals surface area contributed by atoms with Crippen molar-refractivity contribution in [1.29, 1.82) is 0 Å². The average Bonchev–Trinajstić information content (AvgIpc) is 2.43. The lowest BCUT2D eigenvalue weighted by atomic mass is 9.98. The molecule has 19 heavy (non-hydrogen) atoms. The van der Waals surface area contributed by atoms with Crippen LogP contribution in [0.4, 0.5) is 5.69 Å². The second-order valence-corrected chi connectivity index (χ2v) is 4.80. The van der Waals surface area contributed by atoms with E-state index in [0.29, 0.717) is 0 Å². The highest BCUT2D eigenvalue weighted by molar-refractivity contribution is 5.49. The number of nitrogens with two attached hydrogens (primary N) is 1. The smallest absolute Gasteiger partial charge is 0.0612 e. The zero-order valence-electron chi connectivity index (χ0n) is 11.6. The van der Waals surface area contributed by atoms with Gasteiger partial charge >= 0.3 is 0 Å². The molecule has 2 rings (SSSR count). The first-order valence-electron chi connectivity index (χ1n) is 6.71. The zero-order valence-corrected chi connectivity index (χ0v) is 11.6. The van der Waals surface area contributed by atoms with Crippen LogP contribution in [0.25, 0.3) is 0 Å². The van der Waals surface area contributed by atoms with E-state index in [0.717, 1.165) is 24.2 Å². The minimum Gasteiger partial charge on any atom is -0.398 e. The lowest BCUT2D eigenvalue weighted by Gasteiger charge is -2.21. The van der Waals surface area contributed by atoms with Crippen molar-refractivity contribution in [3.63, 3.8) is 0 Å². The van der Waals surface area contributed by atoms with Crippen molar-refractivity contribution in [3.8, 4) is 0 Å². The summed E-state index contributed by atoms with van der Waals surface area (Å²) in [5, 5.41) is 3.54. The Morgan fingerprint density at radius 2 is 1.95 bits per heavy atom. The van der Waals surface area contributed by atoms with Crippen molar-refractivity contribution in [2.45, 2.75) is 26.3 Å². The molecule has 1 atom stereocenters. The molecule has 1 unspecified atom stereocenters. The van der Waals surface area contributed by atoms with Crippen molar-refractivity contribution in [3.05, 3.63) is 59.4 Å². The Morgan fingerprint density at radius 3 is 2.58 bits per heavy atom. The minimum atomic E-state index is 0.106. The van der Waals surface area contributed by atoms with Gasteiger partial charge in [0.1, 0.15) is 0 Å². The fourth-order valence-electron chi connectivity index (χ4n) is 2.11. The van der Waals surface area contributed by atoms with Gasteiger partial charge < -0.3 is 11.1 Å². The molecule has 0 radical (unpaired) electrons. The Hall–Kier alpha value is -1.87. The summed E-state index contributed by atoms with van der Waals surface area (Å²) in [6.45, 7) is 5.20. The molecule has 1 aromatic carbocycles. The highest BCUT2D eigenvalue weighted by Gasteiger charge is 2.15. The zero-order chi connectivity index (χ0) is 13.7. The molecule has 100 valence electrons. The molecular formula is C16H21N3. The third-order valence-corrected chi connectivity index (χ3v) is 3.21. The number of nitrogen functional groups attached to an aromatic ring is 1. The van der Waals surface area contributed by atoms with Crippen LogP contribution in [0.5, 0.6) is 0 Å². The molecule has 0 spiro atoms.